The summed E-state index contributed by atoms with van der Waals surface area (Å²) in [7, 11) is 1.96. The first-order valence-corrected chi connectivity index (χ1v) is 11.4. The maximum atomic E-state index is 4.99. The standard InChI is InChI=1S/C24H25N9/c1-31-20(2-5-29-31)18-13-28-23-17(18)10-16(12-27-23)19-11-21-24(4-9-33(21)30-19)3-8-32(15-24)14-22-25-6-7-26-22/h2,5-7,10-13H,3-4,8-9,14-15H2,1H3,(H,25,26)(H,27,28). The molecule has 1 saturated heterocycles. The number of aromatic amines is 2. The molecule has 1 unspecified atom stereocenters. The molecule has 9 heteroatoms. The van der Waals surface area contributed by atoms with E-state index in [1.165, 1.54) is 12.1 Å². The fraction of sp³-hybridized carbons (Fsp3) is 0.333. The number of hydrogen-bond acceptors (Lipinski definition) is 5. The van der Waals surface area contributed by atoms with E-state index in [9.17, 15) is 0 Å². The minimum absolute atomic E-state index is 0.184. The van der Waals surface area contributed by atoms with E-state index in [-0.39, 0.29) is 5.41 Å². The second-order valence-electron chi connectivity index (χ2n) is 9.33. The fourth-order valence-electron chi connectivity index (χ4n) is 5.70. The molecular formula is C24H25N9. The van der Waals surface area contributed by atoms with Gasteiger partial charge >= 0.3 is 0 Å². The molecule has 1 atom stereocenters. The second kappa shape index (κ2) is 6.89. The summed E-state index contributed by atoms with van der Waals surface area (Å²) in [5.74, 6) is 1.04. The van der Waals surface area contributed by atoms with Gasteiger partial charge in [0.15, 0.2) is 0 Å². The van der Waals surface area contributed by atoms with Gasteiger partial charge in [0.05, 0.1) is 17.9 Å². The van der Waals surface area contributed by atoms with Crippen LogP contribution >= 0.6 is 0 Å². The Bertz CT molecular complexity index is 1450. The predicted octanol–water partition coefficient (Wildman–Crippen LogP) is 3.10. The average Bonchev–Trinajstić information content (AvgIpc) is 3.63. The van der Waals surface area contributed by atoms with E-state index < -0.39 is 0 Å². The molecule has 0 saturated carbocycles. The van der Waals surface area contributed by atoms with Gasteiger partial charge < -0.3 is 9.97 Å². The first-order chi connectivity index (χ1) is 16.2. The van der Waals surface area contributed by atoms with Gasteiger partial charge in [-0.1, -0.05) is 0 Å². The Morgan fingerprint density at radius 3 is 2.88 bits per heavy atom. The first kappa shape index (κ1) is 18.8. The van der Waals surface area contributed by atoms with Crippen LogP contribution < -0.4 is 0 Å². The number of imidazole rings is 1. The largest absolute Gasteiger partial charge is 0.348 e. The summed E-state index contributed by atoms with van der Waals surface area (Å²) in [5.41, 5.74) is 6.64. The van der Waals surface area contributed by atoms with E-state index in [0.717, 1.165) is 72.0 Å². The summed E-state index contributed by atoms with van der Waals surface area (Å²) in [6.07, 6.45) is 11.8. The summed E-state index contributed by atoms with van der Waals surface area (Å²) in [6.45, 7) is 4.00. The zero-order valence-electron chi connectivity index (χ0n) is 18.5. The van der Waals surface area contributed by atoms with Crippen LogP contribution in [0.25, 0.3) is 33.5 Å². The van der Waals surface area contributed by atoms with Crippen LogP contribution in [0.15, 0.2) is 49.2 Å². The molecule has 1 spiro atoms. The number of aryl methyl sites for hydroxylation is 2. The maximum absolute atomic E-state index is 4.99. The van der Waals surface area contributed by atoms with E-state index in [1.807, 2.05) is 48.8 Å². The second-order valence-corrected chi connectivity index (χ2v) is 9.33. The lowest BCUT2D eigenvalue weighted by molar-refractivity contribution is 0.295. The molecule has 5 aromatic heterocycles. The molecule has 0 aromatic carbocycles. The van der Waals surface area contributed by atoms with Gasteiger partial charge in [0.1, 0.15) is 11.5 Å². The van der Waals surface area contributed by atoms with Crippen LogP contribution in [0.5, 0.6) is 0 Å². The molecule has 2 aliphatic rings. The van der Waals surface area contributed by atoms with Crippen molar-refractivity contribution in [3.05, 3.63) is 60.7 Å². The molecule has 0 aliphatic carbocycles. The van der Waals surface area contributed by atoms with Gasteiger partial charge in [-0.05, 0) is 37.6 Å². The van der Waals surface area contributed by atoms with Gasteiger partial charge in [0, 0.05) is 78.7 Å². The number of aromatic nitrogens is 8. The normalized spacial score (nSPS) is 20.4. The van der Waals surface area contributed by atoms with Crippen molar-refractivity contribution in [2.45, 2.75) is 31.3 Å². The Morgan fingerprint density at radius 1 is 1.09 bits per heavy atom. The van der Waals surface area contributed by atoms with E-state index in [4.69, 9.17) is 10.1 Å². The third kappa shape index (κ3) is 2.88. The minimum atomic E-state index is 0.184. The average molecular weight is 440 g/mol. The Hall–Kier alpha value is -3.72. The molecule has 7 rings (SSSR count). The van der Waals surface area contributed by atoms with Crippen molar-refractivity contribution in [2.24, 2.45) is 7.05 Å². The van der Waals surface area contributed by atoms with Crippen molar-refractivity contribution in [1.29, 1.82) is 0 Å². The van der Waals surface area contributed by atoms with Gasteiger partial charge in [0.25, 0.3) is 0 Å². The number of fused-ring (bicyclic) bond motifs is 3. The molecule has 9 nitrogen and oxygen atoms in total. The van der Waals surface area contributed by atoms with Gasteiger partial charge in [-0.3, -0.25) is 14.3 Å². The topological polar surface area (TPSA) is 96.2 Å². The first-order valence-electron chi connectivity index (χ1n) is 11.4. The van der Waals surface area contributed by atoms with E-state index >= 15 is 0 Å². The van der Waals surface area contributed by atoms with Gasteiger partial charge in [-0.15, -0.1) is 0 Å². The van der Waals surface area contributed by atoms with Crippen LogP contribution in [0.4, 0.5) is 0 Å². The summed E-state index contributed by atoms with van der Waals surface area (Å²) in [4.78, 5) is 18.1. The highest BCUT2D eigenvalue weighted by atomic mass is 15.3. The Kier molecular flexibility index (Phi) is 3.93. The van der Waals surface area contributed by atoms with Crippen LogP contribution in [0, 0.1) is 0 Å². The Balaban J connectivity index is 1.22. The molecule has 0 amide bonds. The highest BCUT2D eigenvalue weighted by Crippen LogP contribution is 2.44. The highest BCUT2D eigenvalue weighted by molar-refractivity contribution is 5.94. The van der Waals surface area contributed by atoms with Crippen LogP contribution in [0.2, 0.25) is 0 Å². The number of pyridine rings is 1. The van der Waals surface area contributed by atoms with Crippen LogP contribution in [0.1, 0.15) is 24.4 Å². The number of rotatable bonds is 4. The Morgan fingerprint density at radius 2 is 2.03 bits per heavy atom. The fourth-order valence-corrected chi connectivity index (χ4v) is 5.70. The molecule has 0 radical (unpaired) electrons. The van der Waals surface area contributed by atoms with Crippen molar-refractivity contribution >= 4 is 11.0 Å². The lowest BCUT2D eigenvalue weighted by atomic mass is 9.82. The number of nitrogens with one attached hydrogen (secondary N) is 2. The summed E-state index contributed by atoms with van der Waals surface area (Å²) < 4.78 is 4.11. The third-order valence-corrected chi connectivity index (χ3v) is 7.41. The molecule has 0 bridgehead atoms. The van der Waals surface area contributed by atoms with Crippen LogP contribution in [-0.2, 0) is 25.6 Å². The number of hydrogen-bond donors (Lipinski definition) is 2. The quantitative estimate of drug-likeness (QED) is 0.449. The van der Waals surface area contributed by atoms with Crippen LogP contribution in [0.3, 0.4) is 0 Å². The third-order valence-electron chi connectivity index (χ3n) is 7.41. The summed E-state index contributed by atoms with van der Waals surface area (Å²) >= 11 is 0. The van der Waals surface area contributed by atoms with E-state index in [0.29, 0.717) is 0 Å². The monoisotopic (exact) mass is 439 g/mol. The van der Waals surface area contributed by atoms with Gasteiger partial charge in [-0.25, -0.2) is 9.97 Å². The molecule has 33 heavy (non-hydrogen) atoms. The molecule has 2 N–H and O–H groups in total. The molecule has 7 heterocycles. The van der Waals surface area contributed by atoms with Crippen LogP contribution in [-0.4, -0.2) is 57.5 Å². The van der Waals surface area contributed by atoms with Crippen molar-refractivity contribution in [3.63, 3.8) is 0 Å². The Labute approximate surface area is 190 Å². The molecule has 166 valence electrons. The lowest BCUT2D eigenvalue weighted by Gasteiger charge is -2.23. The van der Waals surface area contributed by atoms with Crippen molar-refractivity contribution in [2.75, 3.05) is 13.1 Å². The van der Waals surface area contributed by atoms with Gasteiger partial charge in [0.2, 0.25) is 0 Å². The molecule has 1 fully saturated rings. The molecule has 2 aliphatic heterocycles. The zero-order chi connectivity index (χ0) is 22.0. The van der Waals surface area contributed by atoms with Crippen molar-refractivity contribution in [3.8, 4) is 22.5 Å². The minimum Gasteiger partial charge on any atom is -0.348 e. The number of likely N-dealkylation sites (tertiary alicyclic amines) is 1. The van der Waals surface area contributed by atoms with Gasteiger partial charge in [-0.2, -0.15) is 10.2 Å². The maximum Gasteiger partial charge on any atom is 0.137 e. The summed E-state index contributed by atoms with van der Waals surface area (Å²) in [5, 5.41) is 10.4. The number of H-pyrrole nitrogens is 2. The molecule has 5 aromatic rings. The highest BCUT2D eigenvalue weighted by Gasteiger charge is 2.45. The predicted molar refractivity (Wildman–Crippen MR) is 124 cm³/mol. The van der Waals surface area contributed by atoms with E-state index in [2.05, 4.69) is 41.8 Å². The number of nitrogens with zero attached hydrogens (tertiary/aromatic N) is 7. The van der Waals surface area contributed by atoms with E-state index in [1.54, 1.807) is 0 Å². The SMILES string of the molecule is Cn1nccc1-c1c[nH]c2ncc(-c3cc4n(n3)CCC43CCN(Cc4ncc[nH]4)C3)cc12. The van der Waals surface area contributed by atoms with Crippen molar-refractivity contribution in [1.82, 2.24) is 44.4 Å². The molecular weight excluding hydrogens is 414 g/mol. The zero-order valence-corrected chi connectivity index (χ0v) is 18.5. The summed E-state index contributed by atoms with van der Waals surface area (Å²) in [6, 6.07) is 6.52. The smallest absolute Gasteiger partial charge is 0.137 e. The van der Waals surface area contributed by atoms with Crippen molar-refractivity contribution < 1.29 is 0 Å². The lowest BCUT2D eigenvalue weighted by Crippen LogP contribution is -2.29.